The summed E-state index contributed by atoms with van der Waals surface area (Å²) >= 11 is 0. The van der Waals surface area contributed by atoms with E-state index in [0.717, 1.165) is 13.1 Å². The fraction of sp³-hybridized carbons (Fsp3) is 0.900. The summed E-state index contributed by atoms with van der Waals surface area (Å²) in [6.07, 6.45) is 0.257. The van der Waals surface area contributed by atoms with Gasteiger partial charge in [0.05, 0.1) is 6.42 Å². The minimum absolute atomic E-state index is 0.257. The SMILES string of the molecule is CC1CN(CCC(=O)O)CC1N(C)C. The van der Waals surface area contributed by atoms with Crippen molar-refractivity contribution in [2.45, 2.75) is 19.4 Å². The van der Waals surface area contributed by atoms with Gasteiger partial charge in [0, 0.05) is 25.7 Å². The summed E-state index contributed by atoms with van der Waals surface area (Å²) in [6, 6.07) is 0.573. The first-order chi connectivity index (χ1) is 6.50. The molecule has 0 spiro atoms. The van der Waals surface area contributed by atoms with Crippen LogP contribution >= 0.6 is 0 Å². The fourth-order valence-electron chi connectivity index (χ4n) is 2.16. The van der Waals surface area contributed by atoms with Gasteiger partial charge in [-0.15, -0.1) is 0 Å². The van der Waals surface area contributed by atoms with E-state index in [2.05, 4.69) is 30.8 Å². The minimum Gasteiger partial charge on any atom is -0.481 e. The van der Waals surface area contributed by atoms with Crippen LogP contribution < -0.4 is 0 Å². The van der Waals surface area contributed by atoms with Crippen molar-refractivity contribution in [3.8, 4) is 0 Å². The maximum atomic E-state index is 10.4. The van der Waals surface area contributed by atoms with Crippen molar-refractivity contribution in [3.05, 3.63) is 0 Å². The van der Waals surface area contributed by atoms with Gasteiger partial charge in [0.1, 0.15) is 0 Å². The monoisotopic (exact) mass is 200 g/mol. The third-order valence-electron chi connectivity index (χ3n) is 2.95. The number of rotatable bonds is 4. The van der Waals surface area contributed by atoms with Gasteiger partial charge in [0.25, 0.3) is 0 Å². The Kier molecular flexibility index (Phi) is 3.89. The van der Waals surface area contributed by atoms with Crippen LogP contribution in [0.2, 0.25) is 0 Å². The molecule has 0 aromatic rings. The van der Waals surface area contributed by atoms with Crippen molar-refractivity contribution in [1.29, 1.82) is 0 Å². The Balaban J connectivity index is 2.35. The van der Waals surface area contributed by atoms with Crippen molar-refractivity contribution >= 4 is 5.97 Å². The zero-order chi connectivity index (χ0) is 10.7. The van der Waals surface area contributed by atoms with E-state index in [1.165, 1.54) is 0 Å². The first-order valence-electron chi connectivity index (χ1n) is 5.11. The molecule has 1 rings (SSSR count). The second kappa shape index (κ2) is 4.75. The number of likely N-dealkylation sites (tertiary alicyclic amines) is 1. The summed E-state index contributed by atoms with van der Waals surface area (Å²) in [5.41, 5.74) is 0. The average molecular weight is 200 g/mol. The van der Waals surface area contributed by atoms with Crippen LogP contribution in [0.25, 0.3) is 0 Å². The van der Waals surface area contributed by atoms with Gasteiger partial charge in [0.2, 0.25) is 0 Å². The number of carboxylic acids is 1. The summed E-state index contributed by atoms with van der Waals surface area (Å²) in [6.45, 7) is 4.94. The molecule has 0 aromatic carbocycles. The summed E-state index contributed by atoms with van der Waals surface area (Å²) in [5, 5.41) is 8.58. The standard InChI is InChI=1S/C10H20N2O2/c1-8-6-12(5-4-10(13)14)7-9(8)11(2)3/h8-9H,4-7H2,1-3H3,(H,13,14). The molecule has 2 atom stereocenters. The number of carbonyl (C=O) groups is 1. The van der Waals surface area contributed by atoms with Crippen LogP contribution in [-0.2, 0) is 4.79 Å². The maximum absolute atomic E-state index is 10.4. The zero-order valence-electron chi connectivity index (χ0n) is 9.23. The molecule has 2 unspecified atom stereocenters. The number of likely N-dealkylation sites (N-methyl/N-ethyl adjacent to an activating group) is 1. The van der Waals surface area contributed by atoms with Crippen molar-refractivity contribution in [2.75, 3.05) is 33.7 Å². The van der Waals surface area contributed by atoms with Gasteiger partial charge in [-0.3, -0.25) is 4.79 Å². The quantitative estimate of drug-likeness (QED) is 0.711. The molecule has 0 saturated carbocycles. The molecule has 0 amide bonds. The van der Waals surface area contributed by atoms with Gasteiger partial charge in [-0.1, -0.05) is 6.92 Å². The molecule has 82 valence electrons. The van der Waals surface area contributed by atoms with Crippen LogP contribution in [0.4, 0.5) is 0 Å². The molecule has 0 aliphatic carbocycles. The van der Waals surface area contributed by atoms with Gasteiger partial charge in [-0.25, -0.2) is 0 Å². The van der Waals surface area contributed by atoms with Crippen LogP contribution in [-0.4, -0.2) is 60.6 Å². The van der Waals surface area contributed by atoms with E-state index in [1.54, 1.807) is 0 Å². The van der Waals surface area contributed by atoms with E-state index in [1.807, 2.05) is 0 Å². The smallest absolute Gasteiger partial charge is 0.304 e. The number of hydrogen-bond donors (Lipinski definition) is 1. The Morgan fingerprint density at radius 3 is 2.57 bits per heavy atom. The third-order valence-corrected chi connectivity index (χ3v) is 2.95. The largest absolute Gasteiger partial charge is 0.481 e. The lowest BCUT2D eigenvalue weighted by Crippen LogP contribution is -2.34. The average Bonchev–Trinajstić information content (AvgIpc) is 2.43. The number of hydrogen-bond acceptors (Lipinski definition) is 3. The van der Waals surface area contributed by atoms with Gasteiger partial charge >= 0.3 is 5.97 Å². The Hall–Kier alpha value is -0.610. The summed E-state index contributed by atoms with van der Waals surface area (Å²) in [5.74, 6) is -0.0650. The highest BCUT2D eigenvalue weighted by Crippen LogP contribution is 2.19. The van der Waals surface area contributed by atoms with Crippen molar-refractivity contribution in [2.24, 2.45) is 5.92 Å². The number of carboxylic acid groups (broad SMARTS) is 1. The van der Waals surface area contributed by atoms with Crippen molar-refractivity contribution < 1.29 is 9.90 Å². The topological polar surface area (TPSA) is 43.8 Å². The highest BCUT2D eigenvalue weighted by Gasteiger charge is 2.30. The lowest BCUT2D eigenvalue weighted by Gasteiger charge is -2.22. The molecule has 14 heavy (non-hydrogen) atoms. The zero-order valence-corrected chi connectivity index (χ0v) is 9.23. The summed E-state index contributed by atoms with van der Waals surface area (Å²) in [4.78, 5) is 14.9. The van der Waals surface area contributed by atoms with Crippen LogP contribution in [0, 0.1) is 5.92 Å². The predicted molar refractivity (Wildman–Crippen MR) is 55.3 cm³/mol. The Labute approximate surface area is 85.5 Å². The Bertz CT molecular complexity index is 206. The molecule has 1 aliphatic rings. The molecule has 4 nitrogen and oxygen atoms in total. The van der Waals surface area contributed by atoms with E-state index >= 15 is 0 Å². The van der Waals surface area contributed by atoms with E-state index in [0.29, 0.717) is 18.5 Å². The second-order valence-electron chi connectivity index (χ2n) is 4.41. The molecular weight excluding hydrogens is 180 g/mol. The molecule has 0 radical (unpaired) electrons. The Morgan fingerprint density at radius 1 is 1.50 bits per heavy atom. The van der Waals surface area contributed by atoms with Gasteiger partial charge in [-0.05, 0) is 20.0 Å². The highest BCUT2D eigenvalue weighted by molar-refractivity contribution is 5.66. The second-order valence-corrected chi connectivity index (χ2v) is 4.41. The Morgan fingerprint density at radius 2 is 2.14 bits per heavy atom. The molecule has 4 heteroatoms. The van der Waals surface area contributed by atoms with Crippen LogP contribution in [0.15, 0.2) is 0 Å². The lowest BCUT2D eigenvalue weighted by molar-refractivity contribution is -0.137. The van der Waals surface area contributed by atoms with Crippen LogP contribution in [0.3, 0.4) is 0 Å². The molecule has 1 heterocycles. The first kappa shape index (κ1) is 11.5. The number of aliphatic carboxylic acids is 1. The van der Waals surface area contributed by atoms with E-state index < -0.39 is 5.97 Å². The van der Waals surface area contributed by atoms with Crippen LogP contribution in [0.1, 0.15) is 13.3 Å². The minimum atomic E-state index is -0.703. The molecular formula is C10H20N2O2. The van der Waals surface area contributed by atoms with Gasteiger partial charge in [0.15, 0.2) is 0 Å². The molecule has 0 aromatic heterocycles. The first-order valence-corrected chi connectivity index (χ1v) is 5.11. The van der Waals surface area contributed by atoms with Crippen molar-refractivity contribution in [3.63, 3.8) is 0 Å². The maximum Gasteiger partial charge on any atom is 0.304 e. The third kappa shape index (κ3) is 2.96. The summed E-state index contributed by atoms with van der Waals surface area (Å²) in [7, 11) is 4.17. The van der Waals surface area contributed by atoms with Gasteiger partial charge < -0.3 is 14.9 Å². The normalized spacial score (nSPS) is 28.6. The highest BCUT2D eigenvalue weighted by atomic mass is 16.4. The molecule has 0 bridgehead atoms. The van der Waals surface area contributed by atoms with E-state index in [-0.39, 0.29) is 6.42 Å². The summed E-state index contributed by atoms with van der Waals surface area (Å²) < 4.78 is 0. The molecule has 1 saturated heterocycles. The van der Waals surface area contributed by atoms with Crippen LogP contribution in [0.5, 0.6) is 0 Å². The fourth-order valence-corrected chi connectivity index (χ4v) is 2.16. The molecule has 1 fully saturated rings. The molecule has 1 aliphatic heterocycles. The number of nitrogens with zero attached hydrogens (tertiary/aromatic N) is 2. The van der Waals surface area contributed by atoms with Gasteiger partial charge in [-0.2, -0.15) is 0 Å². The van der Waals surface area contributed by atoms with E-state index in [9.17, 15) is 4.79 Å². The molecule has 1 N–H and O–H groups in total. The van der Waals surface area contributed by atoms with E-state index in [4.69, 9.17) is 5.11 Å². The van der Waals surface area contributed by atoms with Crippen molar-refractivity contribution in [1.82, 2.24) is 9.80 Å². The lowest BCUT2D eigenvalue weighted by atomic mass is 10.1. The predicted octanol–water partition coefficient (Wildman–Crippen LogP) is 0.343.